The summed E-state index contributed by atoms with van der Waals surface area (Å²) in [4.78, 5) is 31.1. The van der Waals surface area contributed by atoms with Gasteiger partial charge in [-0.3, -0.25) is 14.2 Å². The molecule has 2 aromatic rings. The van der Waals surface area contributed by atoms with Crippen LogP contribution in [0.2, 0.25) is 0 Å². The maximum Gasteiger partial charge on any atom is 0.272 e. The second-order valence-corrected chi connectivity index (χ2v) is 10.0. The number of rotatable bonds is 5. The number of nitrogens with zero attached hydrogens (tertiary/aromatic N) is 2. The quantitative estimate of drug-likeness (QED) is 0.595. The van der Waals surface area contributed by atoms with Crippen molar-refractivity contribution in [3.8, 4) is 5.69 Å². The second kappa shape index (κ2) is 8.33. The predicted octanol–water partition coefficient (Wildman–Crippen LogP) is 3.73. The molecule has 1 aliphatic carbocycles. The van der Waals surface area contributed by atoms with Gasteiger partial charge in [0.2, 0.25) is 5.91 Å². The van der Waals surface area contributed by atoms with E-state index in [-0.39, 0.29) is 17.2 Å². The Morgan fingerprint density at radius 1 is 1.29 bits per heavy atom. The van der Waals surface area contributed by atoms with E-state index < -0.39 is 0 Å². The van der Waals surface area contributed by atoms with Crippen LogP contribution >= 0.6 is 23.5 Å². The minimum atomic E-state index is -0.0260. The third-order valence-electron chi connectivity index (χ3n) is 5.23. The molecule has 1 aliphatic heterocycles. The molecular formula is C21H25N3O2S2. The Hall–Kier alpha value is -1.73. The average molecular weight is 416 g/mol. The van der Waals surface area contributed by atoms with Crippen LogP contribution in [0.1, 0.15) is 43.9 Å². The summed E-state index contributed by atoms with van der Waals surface area (Å²) in [5.41, 5.74) is 2.77. The molecule has 28 heavy (non-hydrogen) atoms. The first kappa shape index (κ1) is 19.6. The highest BCUT2D eigenvalue weighted by Gasteiger charge is 2.27. The van der Waals surface area contributed by atoms with Crippen molar-refractivity contribution in [3.63, 3.8) is 0 Å². The van der Waals surface area contributed by atoms with E-state index in [1.807, 2.05) is 31.2 Å². The number of nitrogens with one attached hydrogen (secondary N) is 1. The highest BCUT2D eigenvalue weighted by atomic mass is 32.2. The SMILES string of the molecule is Cc1ccc(-n2c(SCC(=O)NC3CCCC3)nc3c(c2=O)SC(C)C3)cc1. The molecule has 1 aromatic carbocycles. The van der Waals surface area contributed by atoms with Crippen LogP contribution in [-0.2, 0) is 11.2 Å². The number of fused-ring (bicyclic) bond motifs is 1. The molecule has 1 fully saturated rings. The van der Waals surface area contributed by atoms with E-state index in [2.05, 4.69) is 12.2 Å². The monoisotopic (exact) mass is 415 g/mol. The normalized spacial score (nSPS) is 19.0. The van der Waals surface area contributed by atoms with Gasteiger partial charge < -0.3 is 5.32 Å². The summed E-state index contributed by atoms with van der Waals surface area (Å²) < 4.78 is 1.66. The summed E-state index contributed by atoms with van der Waals surface area (Å²) in [5.74, 6) is 0.292. The van der Waals surface area contributed by atoms with Crippen molar-refractivity contribution < 1.29 is 4.79 Å². The largest absolute Gasteiger partial charge is 0.353 e. The van der Waals surface area contributed by atoms with Gasteiger partial charge in [-0.1, -0.05) is 49.2 Å². The van der Waals surface area contributed by atoms with Crippen molar-refractivity contribution in [1.82, 2.24) is 14.9 Å². The zero-order chi connectivity index (χ0) is 19.7. The highest BCUT2D eigenvalue weighted by Crippen LogP contribution is 2.34. The molecule has 0 spiro atoms. The van der Waals surface area contributed by atoms with Gasteiger partial charge in [0.05, 0.1) is 22.0 Å². The smallest absolute Gasteiger partial charge is 0.272 e. The minimum absolute atomic E-state index is 0.0184. The van der Waals surface area contributed by atoms with Crippen molar-refractivity contribution in [2.75, 3.05) is 5.75 Å². The molecule has 4 rings (SSSR count). The Morgan fingerprint density at radius 3 is 2.71 bits per heavy atom. The van der Waals surface area contributed by atoms with Gasteiger partial charge in [-0.15, -0.1) is 11.8 Å². The predicted molar refractivity (Wildman–Crippen MR) is 115 cm³/mol. The van der Waals surface area contributed by atoms with Crippen LogP contribution in [-0.4, -0.2) is 32.5 Å². The van der Waals surface area contributed by atoms with E-state index >= 15 is 0 Å². The number of hydrogen-bond donors (Lipinski definition) is 1. The molecule has 0 saturated heterocycles. The van der Waals surface area contributed by atoms with Gasteiger partial charge in [-0.2, -0.15) is 0 Å². The lowest BCUT2D eigenvalue weighted by Gasteiger charge is -2.15. The van der Waals surface area contributed by atoms with Crippen LogP contribution in [0, 0.1) is 6.92 Å². The summed E-state index contributed by atoms with van der Waals surface area (Å²) in [6, 6.07) is 8.17. The maximum absolute atomic E-state index is 13.2. The lowest BCUT2D eigenvalue weighted by Crippen LogP contribution is -2.34. The van der Waals surface area contributed by atoms with Crippen LogP contribution in [0.25, 0.3) is 5.69 Å². The molecule has 2 aliphatic rings. The van der Waals surface area contributed by atoms with Crippen LogP contribution < -0.4 is 10.9 Å². The number of carbonyl (C=O) groups is 1. The molecule has 1 amide bonds. The summed E-state index contributed by atoms with van der Waals surface area (Å²) in [7, 11) is 0. The number of amides is 1. The van der Waals surface area contributed by atoms with Crippen LogP contribution in [0.15, 0.2) is 39.1 Å². The van der Waals surface area contributed by atoms with Gasteiger partial charge in [0.1, 0.15) is 0 Å². The topological polar surface area (TPSA) is 64.0 Å². The van der Waals surface area contributed by atoms with Crippen molar-refractivity contribution in [3.05, 3.63) is 45.9 Å². The molecule has 5 nitrogen and oxygen atoms in total. The van der Waals surface area contributed by atoms with Crippen molar-refractivity contribution in [2.24, 2.45) is 0 Å². The van der Waals surface area contributed by atoms with Crippen LogP contribution in [0.3, 0.4) is 0 Å². The Bertz CT molecular complexity index is 934. The van der Waals surface area contributed by atoms with E-state index in [1.54, 1.807) is 16.3 Å². The Balaban J connectivity index is 1.62. The second-order valence-electron chi connectivity index (χ2n) is 7.62. The zero-order valence-corrected chi connectivity index (χ0v) is 17.9. The Labute approximate surface area is 173 Å². The first-order valence-electron chi connectivity index (χ1n) is 9.83. The average Bonchev–Trinajstić information content (AvgIpc) is 3.30. The summed E-state index contributed by atoms with van der Waals surface area (Å²) >= 11 is 2.95. The highest BCUT2D eigenvalue weighted by molar-refractivity contribution is 8.00. The molecule has 1 atom stereocenters. The van der Waals surface area contributed by atoms with Gasteiger partial charge in [0.15, 0.2) is 5.16 Å². The van der Waals surface area contributed by atoms with Crippen LogP contribution in [0.4, 0.5) is 0 Å². The number of carbonyl (C=O) groups excluding carboxylic acids is 1. The van der Waals surface area contributed by atoms with E-state index in [9.17, 15) is 9.59 Å². The van der Waals surface area contributed by atoms with Crippen molar-refractivity contribution in [2.45, 2.75) is 67.3 Å². The number of hydrogen-bond acceptors (Lipinski definition) is 5. The summed E-state index contributed by atoms with van der Waals surface area (Å²) in [6.45, 7) is 4.14. The van der Waals surface area contributed by atoms with Gasteiger partial charge in [0.25, 0.3) is 5.56 Å². The molecule has 1 saturated carbocycles. The zero-order valence-electron chi connectivity index (χ0n) is 16.2. The third-order valence-corrected chi connectivity index (χ3v) is 7.38. The van der Waals surface area contributed by atoms with Gasteiger partial charge in [-0.05, 0) is 31.9 Å². The van der Waals surface area contributed by atoms with Gasteiger partial charge >= 0.3 is 0 Å². The fourth-order valence-corrected chi connectivity index (χ4v) is 5.72. The molecule has 7 heteroatoms. The van der Waals surface area contributed by atoms with Crippen molar-refractivity contribution in [1.29, 1.82) is 0 Å². The fraction of sp³-hybridized carbons (Fsp3) is 0.476. The Morgan fingerprint density at radius 2 is 2.00 bits per heavy atom. The van der Waals surface area contributed by atoms with E-state index in [1.165, 1.54) is 24.6 Å². The van der Waals surface area contributed by atoms with E-state index in [4.69, 9.17) is 4.98 Å². The Kier molecular flexibility index (Phi) is 5.83. The van der Waals surface area contributed by atoms with Gasteiger partial charge in [0, 0.05) is 17.7 Å². The van der Waals surface area contributed by atoms with E-state index in [0.29, 0.717) is 16.4 Å². The number of thioether (sulfide) groups is 2. The molecule has 2 heterocycles. The number of aryl methyl sites for hydroxylation is 1. The molecule has 1 N–H and O–H groups in total. The molecule has 1 aromatic heterocycles. The lowest BCUT2D eigenvalue weighted by molar-refractivity contribution is -0.119. The third kappa shape index (κ3) is 4.15. The number of benzene rings is 1. The molecule has 0 radical (unpaired) electrons. The standard InChI is InChI=1S/C21H25N3O2S2/c1-13-7-9-16(10-8-13)24-20(26)19-17(11-14(2)28-19)23-21(24)27-12-18(25)22-15-5-3-4-6-15/h7-10,14-15H,3-6,11-12H2,1-2H3,(H,22,25). The lowest BCUT2D eigenvalue weighted by atomic mass is 10.2. The summed E-state index contributed by atoms with van der Waals surface area (Å²) in [5, 5.41) is 4.07. The first-order valence-corrected chi connectivity index (χ1v) is 11.7. The fourth-order valence-electron chi connectivity index (χ4n) is 3.79. The molecular weight excluding hydrogens is 390 g/mol. The van der Waals surface area contributed by atoms with Gasteiger partial charge in [-0.25, -0.2) is 4.98 Å². The summed E-state index contributed by atoms with van der Waals surface area (Å²) in [6.07, 6.45) is 5.31. The molecule has 148 valence electrons. The first-order chi connectivity index (χ1) is 13.5. The number of aromatic nitrogens is 2. The molecule has 1 unspecified atom stereocenters. The minimum Gasteiger partial charge on any atom is -0.353 e. The van der Waals surface area contributed by atoms with Crippen LogP contribution in [0.5, 0.6) is 0 Å². The van der Waals surface area contributed by atoms with E-state index in [0.717, 1.165) is 41.1 Å². The maximum atomic E-state index is 13.2. The molecule has 0 bridgehead atoms. The van der Waals surface area contributed by atoms with Crippen molar-refractivity contribution >= 4 is 29.4 Å².